The van der Waals surface area contributed by atoms with Gasteiger partial charge in [-0.25, -0.2) is 4.79 Å². The number of carbonyl (C=O) groups is 3. The third-order valence-electron chi connectivity index (χ3n) is 8.09. The van der Waals surface area contributed by atoms with Crippen molar-refractivity contribution in [3.05, 3.63) is 44.6 Å². The zero-order valence-corrected chi connectivity index (χ0v) is 20.3. The van der Waals surface area contributed by atoms with Crippen molar-refractivity contribution in [2.75, 3.05) is 0 Å². The van der Waals surface area contributed by atoms with Gasteiger partial charge in [0.05, 0.1) is 16.9 Å². The molecule has 0 unspecified atom stereocenters. The average Bonchev–Trinajstić information content (AvgIpc) is 3.51. The summed E-state index contributed by atoms with van der Waals surface area (Å²) in [5.74, 6) is -2.71. The van der Waals surface area contributed by atoms with Gasteiger partial charge in [0, 0.05) is 28.4 Å². The molecule has 2 aromatic heterocycles. The SMILES string of the molecule is CC(C)C[C@H](C(=O)O)N1C(=O)[C@@H]2[C@@H]3C[C@H]([C@H]4Sc5[nH]c(=O)sc5[C@@H](c5cccnc5)[C@H]34)[C@@H]2C1=O. The lowest BCUT2D eigenvalue weighted by Crippen LogP contribution is -2.47. The van der Waals surface area contributed by atoms with Gasteiger partial charge in [0.1, 0.15) is 6.04 Å². The second-order valence-electron chi connectivity index (χ2n) is 10.3. The fourth-order valence-corrected chi connectivity index (χ4v) is 9.93. The number of carboxylic acid groups (broad SMARTS) is 1. The summed E-state index contributed by atoms with van der Waals surface area (Å²) in [4.78, 5) is 60.8. The smallest absolute Gasteiger partial charge is 0.326 e. The van der Waals surface area contributed by atoms with Crippen LogP contribution in [0.5, 0.6) is 0 Å². The third-order valence-corrected chi connectivity index (χ3v) is 10.7. The molecule has 0 aromatic carbocycles. The minimum absolute atomic E-state index is 0.0179. The first-order chi connectivity index (χ1) is 16.3. The number of nitrogens with one attached hydrogen (secondary N) is 1. The highest BCUT2D eigenvalue weighted by atomic mass is 32.2. The van der Waals surface area contributed by atoms with Gasteiger partial charge in [0.2, 0.25) is 11.8 Å². The number of thioether (sulfide) groups is 1. The molecule has 8 atom stereocenters. The van der Waals surface area contributed by atoms with Gasteiger partial charge >= 0.3 is 10.8 Å². The third kappa shape index (κ3) is 3.00. The summed E-state index contributed by atoms with van der Waals surface area (Å²) >= 11 is 2.84. The van der Waals surface area contributed by atoms with Crippen LogP contribution < -0.4 is 4.87 Å². The van der Waals surface area contributed by atoms with Crippen molar-refractivity contribution < 1.29 is 19.5 Å². The molecule has 2 aliphatic carbocycles. The van der Waals surface area contributed by atoms with Gasteiger partial charge in [-0.1, -0.05) is 31.3 Å². The lowest BCUT2D eigenvalue weighted by molar-refractivity contribution is -0.156. The van der Waals surface area contributed by atoms with Gasteiger partial charge in [0.15, 0.2) is 0 Å². The van der Waals surface area contributed by atoms with E-state index >= 15 is 0 Å². The minimum atomic E-state index is -1.12. The monoisotopic (exact) mass is 499 g/mol. The van der Waals surface area contributed by atoms with E-state index in [-0.39, 0.29) is 57.9 Å². The molecule has 4 aliphatic rings. The van der Waals surface area contributed by atoms with Crippen molar-refractivity contribution in [2.24, 2.45) is 35.5 Å². The molecular formula is C24H25N3O5S2. The molecule has 2 saturated carbocycles. The predicted molar refractivity (Wildman–Crippen MR) is 125 cm³/mol. The van der Waals surface area contributed by atoms with Crippen molar-refractivity contribution in [2.45, 2.75) is 48.9 Å². The average molecular weight is 500 g/mol. The second-order valence-corrected chi connectivity index (χ2v) is 12.5. The number of aliphatic carboxylic acids is 1. The first-order valence-electron chi connectivity index (χ1n) is 11.7. The Morgan fingerprint density at radius 3 is 2.62 bits per heavy atom. The largest absolute Gasteiger partial charge is 0.480 e. The van der Waals surface area contributed by atoms with Crippen molar-refractivity contribution in [1.82, 2.24) is 14.9 Å². The normalized spacial score (nSPS) is 34.3. The van der Waals surface area contributed by atoms with Gasteiger partial charge in [-0.05, 0) is 48.1 Å². The number of rotatable bonds is 5. The molecule has 2 aliphatic heterocycles. The van der Waals surface area contributed by atoms with E-state index in [9.17, 15) is 24.3 Å². The van der Waals surface area contributed by atoms with Crippen molar-refractivity contribution in [3.8, 4) is 0 Å². The van der Waals surface area contributed by atoms with Gasteiger partial charge in [-0.15, -0.1) is 11.8 Å². The number of amides is 2. The molecule has 2 N–H and O–H groups in total. The molecule has 10 heteroatoms. The van der Waals surface area contributed by atoms with Gasteiger partial charge < -0.3 is 10.1 Å². The summed E-state index contributed by atoms with van der Waals surface area (Å²) in [6, 6.07) is 2.78. The molecule has 2 amide bonds. The van der Waals surface area contributed by atoms with E-state index in [0.717, 1.165) is 26.8 Å². The molecular weight excluding hydrogens is 474 g/mol. The molecule has 0 radical (unpaired) electrons. The van der Waals surface area contributed by atoms with Crippen LogP contribution in [0.3, 0.4) is 0 Å². The number of hydrogen-bond acceptors (Lipinski definition) is 7. The highest BCUT2D eigenvalue weighted by molar-refractivity contribution is 8.00. The van der Waals surface area contributed by atoms with Crippen molar-refractivity contribution in [3.63, 3.8) is 0 Å². The van der Waals surface area contributed by atoms with Crippen LogP contribution in [0.2, 0.25) is 0 Å². The number of pyridine rings is 1. The predicted octanol–water partition coefficient (Wildman–Crippen LogP) is 2.80. The Morgan fingerprint density at radius 2 is 1.97 bits per heavy atom. The lowest BCUT2D eigenvalue weighted by atomic mass is 9.68. The number of fused-ring (bicyclic) bond motifs is 9. The number of H-pyrrole nitrogens is 1. The molecule has 8 nitrogen and oxygen atoms in total. The second kappa shape index (κ2) is 7.78. The van der Waals surface area contributed by atoms with E-state index in [4.69, 9.17) is 0 Å². The lowest BCUT2D eigenvalue weighted by Gasteiger charge is -2.42. The minimum Gasteiger partial charge on any atom is -0.480 e. The van der Waals surface area contributed by atoms with Crippen LogP contribution in [0.1, 0.15) is 43.0 Å². The number of hydrogen-bond donors (Lipinski definition) is 2. The molecule has 3 fully saturated rings. The maximum atomic E-state index is 13.7. The Morgan fingerprint density at radius 1 is 1.24 bits per heavy atom. The summed E-state index contributed by atoms with van der Waals surface area (Å²) in [6.45, 7) is 3.79. The quantitative estimate of drug-likeness (QED) is 0.607. The molecule has 0 spiro atoms. The van der Waals surface area contributed by atoms with Crippen LogP contribution >= 0.6 is 23.1 Å². The molecule has 2 aromatic rings. The fraction of sp³-hybridized carbons (Fsp3) is 0.542. The Hall–Kier alpha value is -2.46. The molecule has 1 saturated heterocycles. The fourth-order valence-electron chi connectivity index (χ4n) is 7.04. The summed E-state index contributed by atoms with van der Waals surface area (Å²) in [6.07, 6.45) is 4.57. The van der Waals surface area contributed by atoms with E-state index in [2.05, 4.69) is 9.97 Å². The number of likely N-dealkylation sites (tertiary alicyclic amines) is 1. The van der Waals surface area contributed by atoms with E-state index in [0.29, 0.717) is 0 Å². The molecule has 6 rings (SSSR count). The van der Waals surface area contributed by atoms with E-state index < -0.39 is 23.8 Å². The van der Waals surface area contributed by atoms with Crippen LogP contribution in [0.4, 0.5) is 0 Å². The molecule has 34 heavy (non-hydrogen) atoms. The summed E-state index contributed by atoms with van der Waals surface area (Å²) in [5, 5.41) is 10.8. The van der Waals surface area contributed by atoms with Crippen LogP contribution in [0.15, 0.2) is 34.3 Å². The molecule has 2 bridgehead atoms. The van der Waals surface area contributed by atoms with Crippen molar-refractivity contribution in [1.29, 1.82) is 0 Å². The highest BCUT2D eigenvalue weighted by Gasteiger charge is 2.70. The van der Waals surface area contributed by atoms with Crippen LogP contribution in [-0.2, 0) is 14.4 Å². The van der Waals surface area contributed by atoms with E-state index in [1.54, 1.807) is 18.0 Å². The molecule has 178 valence electrons. The summed E-state index contributed by atoms with van der Waals surface area (Å²) < 4.78 is 0. The van der Waals surface area contributed by atoms with Gasteiger partial charge in [-0.2, -0.15) is 0 Å². The van der Waals surface area contributed by atoms with Gasteiger partial charge in [-0.3, -0.25) is 24.3 Å². The van der Waals surface area contributed by atoms with Crippen LogP contribution in [0, 0.1) is 35.5 Å². The number of nitrogens with zero attached hydrogens (tertiary/aromatic N) is 2. The van der Waals surface area contributed by atoms with Gasteiger partial charge in [0.25, 0.3) is 0 Å². The number of imide groups is 1. The Labute approximate surface area is 204 Å². The Kier molecular flexibility index (Phi) is 5.04. The zero-order chi connectivity index (χ0) is 23.9. The van der Waals surface area contributed by atoms with Crippen LogP contribution in [0.25, 0.3) is 0 Å². The molecule has 4 heterocycles. The highest BCUT2D eigenvalue weighted by Crippen LogP contribution is 2.68. The topological polar surface area (TPSA) is 120 Å². The summed E-state index contributed by atoms with van der Waals surface area (Å²) in [7, 11) is 0. The maximum Gasteiger partial charge on any atom is 0.326 e. The Balaban J connectivity index is 1.42. The zero-order valence-electron chi connectivity index (χ0n) is 18.7. The number of carboxylic acids is 1. The number of thiazole rings is 1. The standard InChI is InChI=1S/C24H25N3O5S2/c1-9(2)6-13(23(30)31)27-21(28)16-11-7-12(17(16)22(27)29)18-15(11)14(10-4-3-5-25-8-10)19-20(33-18)26-24(32)34-19/h3-5,8-9,11-18H,6-7H2,1-2H3,(H,26,32)(H,30,31)/t11-,12+,13-,14+,15+,16-,17+,18-/m1/s1. The van der Waals surface area contributed by atoms with Crippen LogP contribution in [-0.4, -0.2) is 49.0 Å². The first-order valence-corrected chi connectivity index (χ1v) is 13.4. The number of carbonyl (C=O) groups excluding carboxylic acids is 2. The Bertz CT molecular complexity index is 1240. The number of aromatic amines is 1. The van der Waals surface area contributed by atoms with E-state index in [1.807, 2.05) is 32.2 Å². The van der Waals surface area contributed by atoms with Crippen molar-refractivity contribution >= 4 is 40.9 Å². The number of aromatic nitrogens is 2. The summed E-state index contributed by atoms with van der Waals surface area (Å²) in [5.41, 5.74) is 1.01. The first kappa shape index (κ1) is 22.0. The van der Waals surface area contributed by atoms with E-state index in [1.165, 1.54) is 11.3 Å². The maximum absolute atomic E-state index is 13.7.